The number of rotatable bonds is 3. The molecule has 0 atom stereocenters. The predicted octanol–water partition coefficient (Wildman–Crippen LogP) is 4.44. The lowest BCUT2D eigenvalue weighted by molar-refractivity contribution is 0.102. The Morgan fingerprint density at radius 3 is 2.50 bits per heavy atom. The van der Waals surface area contributed by atoms with Gasteiger partial charge in [0.05, 0.1) is 11.0 Å². The maximum Gasteiger partial charge on any atom is 0.278 e. The number of anilines is 2. The number of carbonyl (C=O) groups excluding carboxylic acids is 1. The first kappa shape index (κ1) is 16.8. The highest BCUT2D eigenvalue weighted by molar-refractivity contribution is 6.31. The Hall–Kier alpha value is -2.66. The number of amides is 1. The highest BCUT2D eigenvalue weighted by atomic mass is 35.5. The van der Waals surface area contributed by atoms with Crippen molar-refractivity contribution in [2.45, 2.75) is 19.8 Å². The first-order chi connectivity index (χ1) is 12.6. The van der Waals surface area contributed by atoms with Crippen molar-refractivity contribution in [3.8, 4) is 0 Å². The van der Waals surface area contributed by atoms with E-state index in [0.29, 0.717) is 27.7 Å². The van der Waals surface area contributed by atoms with Gasteiger partial charge in [0.2, 0.25) is 0 Å². The summed E-state index contributed by atoms with van der Waals surface area (Å²) in [4.78, 5) is 24.5. The zero-order chi connectivity index (χ0) is 18.1. The molecule has 1 fully saturated rings. The van der Waals surface area contributed by atoms with E-state index in [9.17, 15) is 4.79 Å². The van der Waals surface area contributed by atoms with E-state index >= 15 is 0 Å². The molecule has 0 radical (unpaired) electrons. The van der Waals surface area contributed by atoms with Gasteiger partial charge >= 0.3 is 0 Å². The lowest BCUT2D eigenvalue weighted by atomic mass is 10.2. The summed E-state index contributed by atoms with van der Waals surface area (Å²) in [5, 5.41) is 3.52. The van der Waals surface area contributed by atoms with Crippen molar-refractivity contribution in [2.24, 2.45) is 0 Å². The summed E-state index contributed by atoms with van der Waals surface area (Å²) >= 11 is 6.07. The van der Waals surface area contributed by atoms with Gasteiger partial charge in [-0.15, -0.1) is 0 Å². The number of aryl methyl sites for hydroxylation is 1. The molecule has 0 unspecified atom stereocenters. The monoisotopic (exact) mass is 366 g/mol. The van der Waals surface area contributed by atoms with Crippen LogP contribution in [0.5, 0.6) is 0 Å². The summed E-state index contributed by atoms with van der Waals surface area (Å²) < 4.78 is 0. The quantitative estimate of drug-likeness (QED) is 0.744. The first-order valence-corrected chi connectivity index (χ1v) is 9.09. The van der Waals surface area contributed by atoms with Gasteiger partial charge in [-0.2, -0.15) is 0 Å². The molecule has 26 heavy (non-hydrogen) atoms. The number of hydrogen-bond donors (Lipinski definition) is 1. The van der Waals surface area contributed by atoms with Gasteiger partial charge in [0.25, 0.3) is 5.91 Å². The highest BCUT2D eigenvalue weighted by Crippen LogP contribution is 2.26. The molecule has 132 valence electrons. The molecule has 4 rings (SSSR count). The minimum Gasteiger partial charge on any atom is -0.355 e. The molecule has 1 aliphatic heterocycles. The third-order valence-electron chi connectivity index (χ3n) is 4.62. The van der Waals surface area contributed by atoms with Crippen LogP contribution in [-0.4, -0.2) is 29.0 Å². The number of hydrogen-bond acceptors (Lipinski definition) is 4. The van der Waals surface area contributed by atoms with E-state index in [4.69, 9.17) is 16.6 Å². The number of para-hydroxylation sites is 2. The van der Waals surface area contributed by atoms with E-state index in [1.165, 1.54) is 0 Å². The molecule has 1 amide bonds. The van der Waals surface area contributed by atoms with Crippen LogP contribution in [0.4, 0.5) is 11.5 Å². The van der Waals surface area contributed by atoms with Crippen LogP contribution in [0.2, 0.25) is 5.02 Å². The van der Waals surface area contributed by atoms with Gasteiger partial charge in [-0.05, 0) is 49.6 Å². The summed E-state index contributed by atoms with van der Waals surface area (Å²) in [6.07, 6.45) is 2.20. The molecule has 0 saturated carbocycles. The fourth-order valence-electron chi connectivity index (χ4n) is 3.20. The van der Waals surface area contributed by atoms with Crippen LogP contribution in [0.25, 0.3) is 11.0 Å². The SMILES string of the molecule is Cc1ccc(Cl)cc1NC(=O)c1nc2ccccc2nc1N1CCCC1. The van der Waals surface area contributed by atoms with Crippen LogP contribution in [0.1, 0.15) is 28.9 Å². The minimum absolute atomic E-state index is 0.268. The standard InChI is InChI=1S/C20H19ClN4O/c1-13-8-9-14(21)12-17(13)24-20(26)18-19(25-10-4-5-11-25)23-16-7-3-2-6-15(16)22-18/h2-3,6-9,12H,4-5,10-11H2,1H3,(H,24,26). The Kier molecular flexibility index (Phi) is 4.47. The van der Waals surface area contributed by atoms with Gasteiger partial charge in [0.1, 0.15) is 0 Å². The van der Waals surface area contributed by atoms with Crippen molar-refractivity contribution < 1.29 is 4.79 Å². The van der Waals surface area contributed by atoms with Gasteiger partial charge in [0.15, 0.2) is 11.5 Å². The molecule has 1 aromatic heterocycles. The van der Waals surface area contributed by atoms with Gasteiger partial charge in [-0.1, -0.05) is 29.8 Å². The smallest absolute Gasteiger partial charge is 0.278 e. The molecule has 1 N–H and O–H groups in total. The second kappa shape index (κ2) is 6.92. The van der Waals surface area contributed by atoms with E-state index < -0.39 is 0 Å². The summed E-state index contributed by atoms with van der Waals surface area (Å²) in [6.45, 7) is 3.71. The van der Waals surface area contributed by atoms with E-state index in [1.54, 1.807) is 12.1 Å². The predicted molar refractivity (Wildman–Crippen MR) is 105 cm³/mol. The maximum absolute atomic E-state index is 13.0. The number of carbonyl (C=O) groups is 1. The summed E-state index contributed by atoms with van der Waals surface area (Å²) in [5.74, 6) is 0.383. The first-order valence-electron chi connectivity index (χ1n) is 8.71. The lowest BCUT2D eigenvalue weighted by Gasteiger charge is -2.20. The Labute approximate surface area is 157 Å². The number of fused-ring (bicyclic) bond motifs is 1. The Balaban J connectivity index is 1.77. The Bertz CT molecular complexity index is 983. The van der Waals surface area contributed by atoms with Gasteiger partial charge in [-0.3, -0.25) is 4.79 Å². The molecule has 0 spiro atoms. The van der Waals surface area contributed by atoms with Gasteiger partial charge < -0.3 is 10.2 Å². The van der Waals surface area contributed by atoms with E-state index in [2.05, 4.69) is 15.2 Å². The van der Waals surface area contributed by atoms with Crippen molar-refractivity contribution in [2.75, 3.05) is 23.3 Å². The van der Waals surface area contributed by atoms with Crippen LogP contribution in [0, 0.1) is 6.92 Å². The van der Waals surface area contributed by atoms with E-state index in [1.807, 2.05) is 37.3 Å². The van der Waals surface area contributed by atoms with Gasteiger partial charge in [0, 0.05) is 23.8 Å². The molecule has 6 heteroatoms. The topological polar surface area (TPSA) is 58.1 Å². The molecule has 2 heterocycles. The number of aromatic nitrogens is 2. The number of nitrogens with zero attached hydrogens (tertiary/aromatic N) is 3. The molecule has 1 saturated heterocycles. The van der Waals surface area contributed by atoms with Crippen molar-refractivity contribution in [3.05, 3.63) is 58.7 Å². The lowest BCUT2D eigenvalue weighted by Crippen LogP contribution is -2.25. The second-order valence-corrected chi connectivity index (χ2v) is 6.93. The van der Waals surface area contributed by atoms with Gasteiger partial charge in [-0.25, -0.2) is 9.97 Å². The number of halogens is 1. The van der Waals surface area contributed by atoms with E-state index in [0.717, 1.165) is 37.0 Å². The summed E-state index contributed by atoms with van der Waals surface area (Å²) in [5.41, 5.74) is 3.49. The Morgan fingerprint density at radius 2 is 1.77 bits per heavy atom. The fourth-order valence-corrected chi connectivity index (χ4v) is 3.37. The zero-order valence-corrected chi connectivity index (χ0v) is 15.3. The average Bonchev–Trinajstić information content (AvgIpc) is 3.18. The van der Waals surface area contributed by atoms with Crippen LogP contribution in [-0.2, 0) is 0 Å². The van der Waals surface area contributed by atoms with Crippen LogP contribution in [0.15, 0.2) is 42.5 Å². The molecule has 0 aliphatic carbocycles. The van der Waals surface area contributed by atoms with E-state index in [-0.39, 0.29) is 5.91 Å². The fraction of sp³-hybridized carbons (Fsp3) is 0.250. The van der Waals surface area contributed by atoms with Crippen molar-refractivity contribution in [1.82, 2.24) is 9.97 Å². The third-order valence-corrected chi connectivity index (χ3v) is 4.86. The molecular formula is C20H19ClN4O. The van der Waals surface area contributed by atoms with Crippen LogP contribution in [0.3, 0.4) is 0 Å². The number of nitrogens with one attached hydrogen (secondary N) is 1. The maximum atomic E-state index is 13.0. The second-order valence-electron chi connectivity index (χ2n) is 6.49. The van der Waals surface area contributed by atoms with Crippen molar-refractivity contribution >= 4 is 40.0 Å². The number of benzene rings is 2. The zero-order valence-electron chi connectivity index (χ0n) is 14.5. The summed E-state index contributed by atoms with van der Waals surface area (Å²) in [6, 6.07) is 13.1. The van der Waals surface area contributed by atoms with Crippen LogP contribution < -0.4 is 10.2 Å². The highest BCUT2D eigenvalue weighted by Gasteiger charge is 2.24. The van der Waals surface area contributed by atoms with Crippen molar-refractivity contribution in [1.29, 1.82) is 0 Å². The van der Waals surface area contributed by atoms with Crippen molar-refractivity contribution in [3.63, 3.8) is 0 Å². The molecule has 1 aliphatic rings. The molecule has 5 nitrogen and oxygen atoms in total. The molecular weight excluding hydrogens is 348 g/mol. The third kappa shape index (κ3) is 3.22. The molecule has 0 bridgehead atoms. The van der Waals surface area contributed by atoms with Crippen LogP contribution >= 0.6 is 11.6 Å². The average molecular weight is 367 g/mol. The molecule has 2 aromatic carbocycles. The minimum atomic E-state index is -0.268. The largest absolute Gasteiger partial charge is 0.355 e. The molecule has 3 aromatic rings. The Morgan fingerprint density at radius 1 is 1.08 bits per heavy atom. The summed E-state index contributed by atoms with van der Waals surface area (Å²) in [7, 11) is 0. The normalized spacial score (nSPS) is 14.0.